The quantitative estimate of drug-likeness (QED) is 0.234. The van der Waals surface area contributed by atoms with E-state index in [2.05, 4.69) is 9.47 Å². The van der Waals surface area contributed by atoms with E-state index in [1.807, 2.05) is 20.8 Å². The highest BCUT2D eigenvalue weighted by atomic mass is 19.2. The van der Waals surface area contributed by atoms with Crippen LogP contribution in [0.3, 0.4) is 0 Å². The van der Waals surface area contributed by atoms with Crippen LogP contribution in [-0.2, 0) is 9.47 Å². The maximum absolute atomic E-state index is 12.9. The van der Waals surface area contributed by atoms with E-state index < -0.39 is 23.6 Å². The van der Waals surface area contributed by atoms with Gasteiger partial charge in [0, 0.05) is 39.1 Å². The standard InChI is InChI=1S/C10H21FO.C7H5F3O.C3H8O.CH3F/c1-3-7-10(11)8-5-6-9-12-4-2;1-11-4-2-5(8)7(10)6(9)3-4;1-3-4-2;1-2/h10H,3-9H2,1-2H3;2-3H,1H3;3H2,1-2H3;1H3. The van der Waals surface area contributed by atoms with Gasteiger partial charge in [0.2, 0.25) is 0 Å². The molecule has 1 rings (SSSR count). The zero-order chi connectivity index (χ0) is 23.1. The van der Waals surface area contributed by atoms with Crippen LogP contribution in [0.1, 0.15) is 52.9 Å². The van der Waals surface area contributed by atoms with Gasteiger partial charge in [-0.25, -0.2) is 17.6 Å². The van der Waals surface area contributed by atoms with Crippen LogP contribution >= 0.6 is 0 Å². The van der Waals surface area contributed by atoms with E-state index >= 15 is 0 Å². The summed E-state index contributed by atoms with van der Waals surface area (Å²) in [5, 5.41) is 0. The third-order valence-electron chi connectivity index (χ3n) is 3.34. The molecule has 0 saturated carbocycles. The van der Waals surface area contributed by atoms with Gasteiger partial charge in [0.15, 0.2) is 17.5 Å². The van der Waals surface area contributed by atoms with Crippen LogP contribution in [-0.4, -0.2) is 47.4 Å². The number of alkyl halides is 2. The minimum absolute atomic E-state index is 0.0404. The largest absolute Gasteiger partial charge is 0.497 e. The van der Waals surface area contributed by atoms with Crippen LogP contribution in [0.4, 0.5) is 22.0 Å². The molecule has 0 aliphatic carbocycles. The van der Waals surface area contributed by atoms with Crippen molar-refractivity contribution in [1.82, 2.24) is 0 Å². The number of ether oxygens (including phenoxy) is 3. The van der Waals surface area contributed by atoms with Crippen LogP contribution in [0.25, 0.3) is 0 Å². The molecule has 0 aliphatic heterocycles. The summed E-state index contributed by atoms with van der Waals surface area (Å²) in [6.45, 7) is 8.34. The van der Waals surface area contributed by atoms with Gasteiger partial charge in [-0.05, 0) is 39.5 Å². The molecule has 0 saturated heterocycles. The molecule has 0 fully saturated rings. The van der Waals surface area contributed by atoms with Gasteiger partial charge in [0.1, 0.15) is 11.9 Å². The molecule has 0 aliphatic rings. The topological polar surface area (TPSA) is 27.7 Å². The molecule has 0 amide bonds. The minimum atomic E-state index is -1.48. The highest BCUT2D eigenvalue weighted by molar-refractivity contribution is 5.24. The number of rotatable bonds is 10. The van der Waals surface area contributed by atoms with E-state index in [1.54, 1.807) is 7.11 Å². The third kappa shape index (κ3) is 21.1. The first-order valence-corrected chi connectivity index (χ1v) is 9.64. The molecule has 0 bridgehead atoms. The Morgan fingerprint density at radius 1 is 0.862 bits per heavy atom. The van der Waals surface area contributed by atoms with Crippen LogP contribution in [0.5, 0.6) is 5.75 Å². The number of methoxy groups -OCH3 is 2. The summed E-state index contributed by atoms with van der Waals surface area (Å²) < 4.78 is 73.5. The van der Waals surface area contributed by atoms with Crippen molar-refractivity contribution < 1.29 is 36.2 Å². The Kier molecular flexibility index (Phi) is 27.4. The minimum Gasteiger partial charge on any atom is -0.497 e. The molecule has 1 atom stereocenters. The summed E-state index contributed by atoms with van der Waals surface area (Å²) in [5.41, 5.74) is 0. The van der Waals surface area contributed by atoms with Crippen LogP contribution in [0, 0.1) is 17.5 Å². The summed E-state index contributed by atoms with van der Waals surface area (Å²) in [7, 11) is 3.42. The van der Waals surface area contributed by atoms with E-state index in [-0.39, 0.29) is 5.75 Å². The normalized spacial score (nSPS) is 10.4. The van der Waals surface area contributed by atoms with Crippen molar-refractivity contribution in [2.45, 2.75) is 59.0 Å². The Bertz CT molecular complexity index is 437. The fraction of sp³-hybridized carbons (Fsp3) is 0.714. The van der Waals surface area contributed by atoms with Gasteiger partial charge < -0.3 is 14.2 Å². The van der Waals surface area contributed by atoms with Crippen molar-refractivity contribution in [3.05, 3.63) is 29.6 Å². The maximum Gasteiger partial charge on any atom is 0.194 e. The van der Waals surface area contributed by atoms with Crippen LogP contribution < -0.4 is 4.74 Å². The van der Waals surface area contributed by atoms with E-state index in [9.17, 15) is 22.0 Å². The second-order valence-electron chi connectivity index (χ2n) is 5.56. The molecule has 0 N–H and O–H groups in total. The molecule has 174 valence electrons. The molecule has 0 spiro atoms. The van der Waals surface area contributed by atoms with Crippen molar-refractivity contribution in [2.75, 3.05) is 41.2 Å². The molecule has 29 heavy (non-hydrogen) atoms. The highest BCUT2D eigenvalue weighted by Crippen LogP contribution is 2.18. The molecular formula is C21H37F5O3. The summed E-state index contributed by atoms with van der Waals surface area (Å²) >= 11 is 0. The number of hydrogen-bond donors (Lipinski definition) is 0. The van der Waals surface area contributed by atoms with E-state index in [4.69, 9.17) is 4.74 Å². The highest BCUT2D eigenvalue weighted by Gasteiger charge is 2.09. The van der Waals surface area contributed by atoms with Crippen LogP contribution in [0.2, 0.25) is 0 Å². The van der Waals surface area contributed by atoms with Gasteiger partial charge in [-0.1, -0.05) is 13.3 Å². The summed E-state index contributed by atoms with van der Waals surface area (Å²) in [4.78, 5) is 0. The SMILES string of the molecule is CCCC(F)CCCCOCC.CCOC.CF.COc1cc(F)c(F)c(F)c1. The fourth-order valence-electron chi connectivity index (χ4n) is 1.82. The maximum atomic E-state index is 12.9. The lowest BCUT2D eigenvalue weighted by atomic mass is 10.1. The van der Waals surface area contributed by atoms with Crippen molar-refractivity contribution in [3.63, 3.8) is 0 Å². The van der Waals surface area contributed by atoms with Gasteiger partial charge in [-0.2, -0.15) is 0 Å². The molecule has 0 radical (unpaired) electrons. The van der Waals surface area contributed by atoms with Crippen LogP contribution in [0.15, 0.2) is 12.1 Å². The second-order valence-corrected chi connectivity index (χ2v) is 5.56. The Morgan fingerprint density at radius 2 is 1.38 bits per heavy atom. The predicted octanol–water partition coefficient (Wildman–Crippen LogP) is 6.68. The monoisotopic (exact) mass is 432 g/mol. The summed E-state index contributed by atoms with van der Waals surface area (Å²) in [5.74, 6) is -4.02. The number of benzene rings is 1. The zero-order valence-electron chi connectivity index (χ0n) is 18.5. The molecule has 1 aromatic rings. The van der Waals surface area contributed by atoms with Crippen molar-refractivity contribution >= 4 is 0 Å². The smallest absolute Gasteiger partial charge is 0.194 e. The zero-order valence-corrected chi connectivity index (χ0v) is 18.5. The predicted molar refractivity (Wildman–Crippen MR) is 108 cm³/mol. The summed E-state index contributed by atoms with van der Waals surface area (Å²) in [6, 6.07) is 1.55. The van der Waals surface area contributed by atoms with E-state index in [0.717, 1.165) is 51.2 Å². The lowest BCUT2D eigenvalue weighted by molar-refractivity contribution is 0.140. The Hall–Kier alpha value is -1.41. The lowest BCUT2D eigenvalue weighted by Gasteiger charge is -2.05. The molecule has 1 aromatic carbocycles. The van der Waals surface area contributed by atoms with Crippen molar-refractivity contribution in [3.8, 4) is 5.75 Å². The number of unbranched alkanes of at least 4 members (excludes halogenated alkanes) is 1. The molecule has 0 heterocycles. The average molecular weight is 433 g/mol. The van der Waals surface area contributed by atoms with Crippen molar-refractivity contribution in [2.24, 2.45) is 0 Å². The first-order chi connectivity index (χ1) is 13.9. The molecular weight excluding hydrogens is 395 g/mol. The van der Waals surface area contributed by atoms with Gasteiger partial charge in [0.25, 0.3) is 0 Å². The number of hydrogen-bond acceptors (Lipinski definition) is 3. The number of halogens is 5. The van der Waals surface area contributed by atoms with Gasteiger partial charge in [0.05, 0.1) is 14.3 Å². The Morgan fingerprint density at radius 3 is 1.76 bits per heavy atom. The molecule has 1 unspecified atom stereocenters. The summed E-state index contributed by atoms with van der Waals surface area (Å²) in [6.07, 6.45) is 3.75. The second kappa shape index (κ2) is 24.6. The van der Waals surface area contributed by atoms with Crippen molar-refractivity contribution in [1.29, 1.82) is 0 Å². The molecule has 8 heteroatoms. The molecule has 3 nitrogen and oxygen atoms in total. The Labute approximate surface area is 172 Å². The molecule has 0 aromatic heterocycles. The first kappa shape index (κ1) is 32.3. The van der Waals surface area contributed by atoms with E-state index in [1.165, 1.54) is 7.11 Å². The lowest BCUT2D eigenvalue weighted by Crippen LogP contribution is -2.00. The first-order valence-electron chi connectivity index (χ1n) is 9.64. The fourth-order valence-corrected chi connectivity index (χ4v) is 1.82. The van der Waals surface area contributed by atoms with Gasteiger partial charge in [-0.15, -0.1) is 0 Å². The third-order valence-corrected chi connectivity index (χ3v) is 3.34. The van der Waals surface area contributed by atoms with Gasteiger partial charge in [-0.3, -0.25) is 4.39 Å². The van der Waals surface area contributed by atoms with E-state index in [0.29, 0.717) is 20.0 Å². The average Bonchev–Trinajstić information content (AvgIpc) is 2.73. The van der Waals surface area contributed by atoms with Gasteiger partial charge >= 0.3 is 0 Å². The Balaban J connectivity index is -0.000000368.